The maximum atomic E-state index is 4.38. The van der Waals surface area contributed by atoms with Gasteiger partial charge in [0, 0.05) is 39.3 Å². The number of aryl methyl sites for hydroxylation is 1. The number of likely N-dealkylation sites (tertiary alicyclic amines) is 1. The highest BCUT2D eigenvalue weighted by Gasteiger charge is 2.19. The molecular weight excluding hydrogens is 447 g/mol. The summed E-state index contributed by atoms with van der Waals surface area (Å²) in [4.78, 5) is 6.92. The molecular formula is C22H31IN4. The Kier molecular flexibility index (Phi) is 9.07. The smallest absolute Gasteiger partial charge is 0.191 e. The second-order valence-corrected chi connectivity index (χ2v) is 7.09. The van der Waals surface area contributed by atoms with Crippen LogP contribution in [0.2, 0.25) is 0 Å². The fourth-order valence-corrected chi connectivity index (χ4v) is 3.36. The molecule has 1 heterocycles. The molecule has 0 atom stereocenters. The average Bonchev–Trinajstić information content (AvgIpc) is 2.68. The normalized spacial score (nSPS) is 15.9. The highest BCUT2D eigenvalue weighted by atomic mass is 127. The Labute approximate surface area is 180 Å². The third kappa shape index (κ3) is 7.14. The van der Waals surface area contributed by atoms with Crippen LogP contribution >= 0.6 is 24.0 Å². The minimum absolute atomic E-state index is 0. The van der Waals surface area contributed by atoms with E-state index in [2.05, 4.69) is 82.0 Å². The van der Waals surface area contributed by atoms with Crippen LogP contribution in [0.1, 0.15) is 29.5 Å². The fourth-order valence-electron chi connectivity index (χ4n) is 3.36. The molecule has 0 bridgehead atoms. The molecule has 1 aliphatic heterocycles. The monoisotopic (exact) mass is 478 g/mol. The van der Waals surface area contributed by atoms with Crippen LogP contribution in [0.5, 0.6) is 0 Å². The molecule has 0 aromatic heterocycles. The lowest BCUT2D eigenvalue weighted by molar-refractivity contribution is 0.198. The molecule has 3 rings (SSSR count). The quantitative estimate of drug-likeness (QED) is 0.389. The van der Waals surface area contributed by atoms with E-state index in [9.17, 15) is 0 Å². The van der Waals surface area contributed by atoms with Crippen LogP contribution in [0, 0.1) is 6.92 Å². The second kappa shape index (κ2) is 11.3. The zero-order chi connectivity index (χ0) is 18.2. The molecule has 0 amide bonds. The highest BCUT2D eigenvalue weighted by Crippen LogP contribution is 2.13. The maximum absolute atomic E-state index is 4.38. The molecule has 0 radical (unpaired) electrons. The Morgan fingerprint density at radius 2 is 1.67 bits per heavy atom. The first-order valence-corrected chi connectivity index (χ1v) is 9.52. The van der Waals surface area contributed by atoms with E-state index in [1.165, 1.54) is 16.7 Å². The lowest BCUT2D eigenvalue weighted by Gasteiger charge is -2.33. The van der Waals surface area contributed by atoms with Crippen molar-refractivity contribution in [3.05, 3.63) is 71.3 Å². The van der Waals surface area contributed by atoms with E-state index >= 15 is 0 Å². The van der Waals surface area contributed by atoms with Crippen molar-refractivity contribution in [1.29, 1.82) is 0 Å². The zero-order valence-electron chi connectivity index (χ0n) is 16.3. The molecule has 0 aliphatic carbocycles. The van der Waals surface area contributed by atoms with Gasteiger partial charge in [-0.2, -0.15) is 0 Å². The van der Waals surface area contributed by atoms with Crippen LogP contribution in [0.15, 0.2) is 59.6 Å². The van der Waals surface area contributed by atoms with E-state index in [0.717, 1.165) is 45.0 Å². The summed E-state index contributed by atoms with van der Waals surface area (Å²) < 4.78 is 0. The number of guanidine groups is 1. The summed E-state index contributed by atoms with van der Waals surface area (Å²) in [6.45, 7) is 6.21. The van der Waals surface area contributed by atoms with E-state index in [-0.39, 0.29) is 24.0 Å². The third-order valence-corrected chi connectivity index (χ3v) is 4.98. The standard InChI is InChI=1S/C22H30N4.HI/c1-18-8-10-19(11-9-18)16-24-22(23-2)25-21-12-14-26(15-13-21)17-20-6-4-3-5-7-20;/h3-11,21H,12-17H2,1-2H3,(H2,23,24,25);1H. The van der Waals surface area contributed by atoms with Crippen molar-refractivity contribution < 1.29 is 0 Å². The van der Waals surface area contributed by atoms with Crippen LogP contribution in [-0.4, -0.2) is 37.0 Å². The molecule has 146 valence electrons. The van der Waals surface area contributed by atoms with Gasteiger partial charge in [-0.05, 0) is 30.9 Å². The van der Waals surface area contributed by atoms with Crippen molar-refractivity contribution in [3.8, 4) is 0 Å². The van der Waals surface area contributed by atoms with E-state index in [4.69, 9.17) is 0 Å². The van der Waals surface area contributed by atoms with Crippen molar-refractivity contribution in [2.24, 2.45) is 4.99 Å². The SMILES string of the molecule is CN=C(NCc1ccc(C)cc1)NC1CCN(Cc2ccccc2)CC1.I. The van der Waals surface area contributed by atoms with E-state index in [0.29, 0.717) is 6.04 Å². The molecule has 1 aliphatic rings. The van der Waals surface area contributed by atoms with Gasteiger partial charge in [0.05, 0.1) is 0 Å². The molecule has 0 saturated carbocycles. The van der Waals surface area contributed by atoms with Gasteiger partial charge in [0.25, 0.3) is 0 Å². The van der Waals surface area contributed by atoms with Crippen LogP contribution in [-0.2, 0) is 13.1 Å². The lowest BCUT2D eigenvalue weighted by Crippen LogP contribution is -2.48. The number of halogens is 1. The Morgan fingerprint density at radius 1 is 1.00 bits per heavy atom. The average molecular weight is 478 g/mol. The van der Waals surface area contributed by atoms with Gasteiger partial charge in [-0.1, -0.05) is 60.2 Å². The predicted octanol–water partition coefficient (Wildman–Crippen LogP) is 3.94. The molecule has 2 aromatic rings. The van der Waals surface area contributed by atoms with E-state index < -0.39 is 0 Å². The summed E-state index contributed by atoms with van der Waals surface area (Å²) in [5.74, 6) is 0.895. The van der Waals surface area contributed by atoms with Crippen LogP contribution in [0.3, 0.4) is 0 Å². The number of piperidine rings is 1. The van der Waals surface area contributed by atoms with Crippen molar-refractivity contribution in [3.63, 3.8) is 0 Å². The number of nitrogens with zero attached hydrogens (tertiary/aromatic N) is 2. The van der Waals surface area contributed by atoms with Gasteiger partial charge in [-0.25, -0.2) is 0 Å². The summed E-state index contributed by atoms with van der Waals surface area (Å²) in [6.07, 6.45) is 2.30. The van der Waals surface area contributed by atoms with Crippen molar-refractivity contribution in [2.75, 3.05) is 20.1 Å². The number of hydrogen-bond donors (Lipinski definition) is 2. The van der Waals surface area contributed by atoms with Gasteiger partial charge >= 0.3 is 0 Å². The van der Waals surface area contributed by atoms with Gasteiger partial charge < -0.3 is 10.6 Å². The summed E-state index contributed by atoms with van der Waals surface area (Å²) in [5, 5.41) is 7.01. The summed E-state index contributed by atoms with van der Waals surface area (Å²) in [7, 11) is 1.84. The second-order valence-electron chi connectivity index (χ2n) is 7.09. The number of rotatable bonds is 5. The Balaban J connectivity index is 0.00000261. The molecule has 2 N–H and O–H groups in total. The first-order chi connectivity index (χ1) is 12.7. The molecule has 4 nitrogen and oxygen atoms in total. The van der Waals surface area contributed by atoms with E-state index in [1.807, 2.05) is 7.05 Å². The Morgan fingerprint density at radius 3 is 2.30 bits per heavy atom. The Bertz CT molecular complexity index is 692. The lowest BCUT2D eigenvalue weighted by atomic mass is 10.0. The number of aliphatic imine (C=N–C) groups is 1. The molecule has 1 fully saturated rings. The Hall–Kier alpha value is -1.60. The number of nitrogens with one attached hydrogen (secondary N) is 2. The molecule has 1 saturated heterocycles. The van der Waals surface area contributed by atoms with Gasteiger partial charge in [0.15, 0.2) is 5.96 Å². The highest BCUT2D eigenvalue weighted by molar-refractivity contribution is 14.0. The largest absolute Gasteiger partial charge is 0.354 e. The maximum Gasteiger partial charge on any atom is 0.191 e. The topological polar surface area (TPSA) is 39.7 Å². The van der Waals surface area contributed by atoms with Crippen LogP contribution in [0.25, 0.3) is 0 Å². The molecule has 0 spiro atoms. The molecule has 0 unspecified atom stereocenters. The van der Waals surface area contributed by atoms with Crippen molar-refractivity contribution in [1.82, 2.24) is 15.5 Å². The number of benzene rings is 2. The first-order valence-electron chi connectivity index (χ1n) is 9.52. The summed E-state index contributed by atoms with van der Waals surface area (Å²) in [5.41, 5.74) is 3.96. The first kappa shape index (κ1) is 21.7. The van der Waals surface area contributed by atoms with Gasteiger partial charge in [0.2, 0.25) is 0 Å². The molecule has 5 heteroatoms. The van der Waals surface area contributed by atoms with Crippen LogP contribution < -0.4 is 10.6 Å². The molecule has 27 heavy (non-hydrogen) atoms. The minimum Gasteiger partial charge on any atom is -0.354 e. The summed E-state index contributed by atoms with van der Waals surface area (Å²) in [6, 6.07) is 19.9. The molecule has 2 aromatic carbocycles. The van der Waals surface area contributed by atoms with Gasteiger partial charge in [-0.3, -0.25) is 9.89 Å². The minimum atomic E-state index is 0. The zero-order valence-corrected chi connectivity index (χ0v) is 18.6. The van der Waals surface area contributed by atoms with Crippen LogP contribution in [0.4, 0.5) is 0 Å². The van der Waals surface area contributed by atoms with Crippen molar-refractivity contribution in [2.45, 2.75) is 38.9 Å². The van der Waals surface area contributed by atoms with E-state index in [1.54, 1.807) is 0 Å². The summed E-state index contributed by atoms with van der Waals surface area (Å²) >= 11 is 0. The van der Waals surface area contributed by atoms with Gasteiger partial charge in [-0.15, -0.1) is 24.0 Å². The predicted molar refractivity (Wildman–Crippen MR) is 125 cm³/mol. The van der Waals surface area contributed by atoms with Crippen molar-refractivity contribution >= 4 is 29.9 Å². The fraction of sp³-hybridized carbons (Fsp3) is 0.409. The third-order valence-electron chi connectivity index (χ3n) is 4.98. The number of hydrogen-bond acceptors (Lipinski definition) is 2. The van der Waals surface area contributed by atoms with Gasteiger partial charge in [0.1, 0.15) is 0 Å².